The minimum Gasteiger partial charge on any atom is -0.375 e. The van der Waals surface area contributed by atoms with E-state index in [1.54, 1.807) is 7.11 Å². The van der Waals surface area contributed by atoms with Crippen molar-refractivity contribution in [1.29, 1.82) is 0 Å². The van der Waals surface area contributed by atoms with Gasteiger partial charge in [-0.2, -0.15) is 15.2 Å². The van der Waals surface area contributed by atoms with Gasteiger partial charge in [0.05, 0.1) is 17.0 Å². The quantitative estimate of drug-likeness (QED) is 0.529. The van der Waals surface area contributed by atoms with E-state index in [0.29, 0.717) is 18.1 Å². The standard InChI is InChI=1S/C24H28F2N4O2/c1-23(2,3)15-9-10-24(4,12-19-27-20(13-31-5)32-30-19)22-14(15)11-18(28-29-22)21-16(25)7-6-8-17(21)26/h6-8,11,15H,9-10,12-13H2,1-5H3/t15-,24+/m0/s1. The zero-order valence-electron chi connectivity index (χ0n) is 19.1. The van der Waals surface area contributed by atoms with Crippen LogP contribution in [-0.4, -0.2) is 27.4 Å². The van der Waals surface area contributed by atoms with Crippen LogP contribution in [-0.2, 0) is 23.2 Å². The fourth-order valence-electron chi connectivity index (χ4n) is 4.71. The van der Waals surface area contributed by atoms with E-state index in [1.165, 1.54) is 18.2 Å². The molecule has 0 bridgehead atoms. The van der Waals surface area contributed by atoms with E-state index in [4.69, 9.17) is 9.26 Å². The molecule has 2 aromatic heterocycles. The predicted molar refractivity (Wildman–Crippen MR) is 115 cm³/mol. The smallest absolute Gasteiger partial charge is 0.252 e. The van der Waals surface area contributed by atoms with E-state index >= 15 is 0 Å². The first-order valence-corrected chi connectivity index (χ1v) is 10.8. The highest BCUT2D eigenvalue weighted by Gasteiger charge is 2.43. The molecule has 3 aromatic rings. The summed E-state index contributed by atoms with van der Waals surface area (Å²) in [6.45, 7) is 8.87. The lowest BCUT2D eigenvalue weighted by atomic mass is 9.62. The van der Waals surface area contributed by atoms with Crippen molar-refractivity contribution in [2.45, 2.75) is 64.9 Å². The molecule has 0 spiro atoms. The van der Waals surface area contributed by atoms with Crippen molar-refractivity contribution >= 4 is 0 Å². The fourth-order valence-corrected chi connectivity index (χ4v) is 4.71. The Balaban J connectivity index is 1.79. The molecule has 2 heterocycles. The molecule has 1 aromatic carbocycles. The molecule has 1 aliphatic rings. The van der Waals surface area contributed by atoms with Crippen molar-refractivity contribution in [3.8, 4) is 11.3 Å². The zero-order chi connectivity index (χ0) is 23.1. The Hall–Kier alpha value is -2.74. The molecule has 4 rings (SSSR count). The molecule has 0 N–H and O–H groups in total. The van der Waals surface area contributed by atoms with Gasteiger partial charge in [-0.3, -0.25) is 0 Å². The maximum Gasteiger partial charge on any atom is 0.252 e. The Morgan fingerprint density at radius 3 is 2.56 bits per heavy atom. The van der Waals surface area contributed by atoms with Crippen molar-refractivity contribution in [2.24, 2.45) is 5.41 Å². The first kappa shape index (κ1) is 22.5. The van der Waals surface area contributed by atoms with Crippen molar-refractivity contribution in [1.82, 2.24) is 20.3 Å². The van der Waals surface area contributed by atoms with Gasteiger partial charge in [0, 0.05) is 18.9 Å². The summed E-state index contributed by atoms with van der Waals surface area (Å²) < 4.78 is 39.2. The Morgan fingerprint density at radius 1 is 1.19 bits per heavy atom. The fraction of sp³-hybridized carbons (Fsp3) is 0.500. The van der Waals surface area contributed by atoms with Gasteiger partial charge >= 0.3 is 0 Å². The van der Waals surface area contributed by atoms with E-state index in [0.717, 1.165) is 24.1 Å². The summed E-state index contributed by atoms with van der Waals surface area (Å²) >= 11 is 0. The van der Waals surface area contributed by atoms with Gasteiger partial charge in [-0.05, 0) is 47.9 Å². The number of aromatic nitrogens is 4. The molecule has 0 saturated carbocycles. The van der Waals surface area contributed by atoms with Crippen molar-refractivity contribution in [2.75, 3.05) is 7.11 Å². The lowest BCUT2D eigenvalue weighted by molar-refractivity contribution is 0.151. The van der Waals surface area contributed by atoms with Gasteiger partial charge in [-0.1, -0.05) is 38.9 Å². The van der Waals surface area contributed by atoms with Gasteiger partial charge in [0.15, 0.2) is 5.82 Å². The van der Waals surface area contributed by atoms with Crippen molar-refractivity contribution < 1.29 is 18.0 Å². The van der Waals surface area contributed by atoms with Crippen LogP contribution in [0.15, 0.2) is 28.8 Å². The highest BCUT2D eigenvalue weighted by Crippen LogP contribution is 2.50. The predicted octanol–water partition coefficient (Wildman–Crippen LogP) is 5.38. The average Bonchev–Trinajstić information content (AvgIpc) is 3.14. The molecule has 0 saturated heterocycles. The summed E-state index contributed by atoms with van der Waals surface area (Å²) in [4.78, 5) is 4.42. The molecule has 32 heavy (non-hydrogen) atoms. The van der Waals surface area contributed by atoms with Crippen molar-refractivity contribution in [3.05, 3.63) is 58.9 Å². The van der Waals surface area contributed by atoms with Crippen LogP contribution in [0, 0.1) is 17.0 Å². The number of hydrogen-bond acceptors (Lipinski definition) is 6. The van der Waals surface area contributed by atoms with Crippen LogP contribution in [0.25, 0.3) is 11.3 Å². The third kappa shape index (κ3) is 4.16. The molecule has 0 amide bonds. The first-order chi connectivity index (χ1) is 15.1. The number of fused-ring (bicyclic) bond motifs is 1. The molecule has 2 atom stereocenters. The number of nitrogens with zero attached hydrogens (tertiary/aromatic N) is 4. The van der Waals surface area contributed by atoms with Crippen LogP contribution in [0.4, 0.5) is 8.78 Å². The number of rotatable bonds is 5. The summed E-state index contributed by atoms with van der Waals surface area (Å²) in [5.41, 5.74) is 1.42. The highest BCUT2D eigenvalue weighted by atomic mass is 19.1. The van der Waals surface area contributed by atoms with Crippen molar-refractivity contribution in [3.63, 3.8) is 0 Å². The number of benzene rings is 1. The second kappa shape index (κ2) is 8.31. The minimum absolute atomic E-state index is 0.0536. The maximum absolute atomic E-state index is 14.5. The van der Waals surface area contributed by atoms with Gasteiger partial charge < -0.3 is 9.26 Å². The Kier molecular flexibility index (Phi) is 5.83. The normalized spacial score (nSPS) is 20.9. The topological polar surface area (TPSA) is 73.9 Å². The van der Waals surface area contributed by atoms with Crippen LogP contribution >= 0.6 is 0 Å². The number of halogens is 2. The molecule has 170 valence electrons. The van der Waals surface area contributed by atoms with E-state index < -0.39 is 11.6 Å². The van der Waals surface area contributed by atoms with Gasteiger partial charge in [0.1, 0.15) is 18.2 Å². The minimum atomic E-state index is -0.650. The molecular formula is C24H28F2N4O2. The second-order valence-corrected chi connectivity index (χ2v) is 9.86. The number of hydrogen-bond donors (Lipinski definition) is 0. The molecule has 0 aliphatic heterocycles. The summed E-state index contributed by atoms with van der Waals surface area (Å²) in [7, 11) is 1.57. The van der Waals surface area contributed by atoms with Crippen LogP contribution in [0.2, 0.25) is 0 Å². The second-order valence-electron chi connectivity index (χ2n) is 9.86. The largest absolute Gasteiger partial charge is 0.375 e. The zero-order valence-corrected chi connectivity index (χ0v) is 19.1. The lowest BCUT2D eigenvalue weighted by Crippen LogP contribution is -2.37. The number of ether oxygens (including phenoxy) is 1. The van der Waals surface area contributed by atoms with E-state index in [2.05, 4.69) is 48.0 Å². The summed E-state index contributed by atoms with van der Waals surface area (Å²) in [5.74, 6) is -0.133. The lowest BCUT2D eigenvalue weighted by Gasteiger charge is -2.42. The Morgan fingerprint density at radius 2 is 1.91 bits per heavy atom. The SMILES string of the molecule is COCc1nc(C[C@@]2(C)CC[C@H](C(C)(C)C)c3cc(-c4c(F)cccc4F)nnc32)no1. The molecule has 1 aliphatic carbocycles. The van der Waals surface area contributed by atoms with Crippen LogP contribution in [0.3, 0.4) is 0 Å². The third-order valence-electron chi connectivity index (χ3n) is 6.35. The average molecular weight is 443 g/mol. The van der Waals surface area contributed by atoms with Gasteiger partial charge in [-0.25, -0.2) is 8.78 Å². The van der Waals surface area contributed by atoms with E-state index in [-0.39, 0.29) is 34.6 Å². The van der Waals surface area contributed by atoms with Gasteiger partial charge in [0.2, 0.25) is 0 Å². The van der Waals surface area contributed by atoms with Gasteiger partial charge in [0.25, 0.3) is 5.89 Å². The number of methoxy groups -OCH3 is 1. The molecule has 0 unspecified atom stereocenters. The van der Waals surface area contributed by atoms with Crippen LogP contribution in [0.5, 0.6) is 0 Å². The monoisotopic (exact) mass is 442 g/mol. The molecule has 0 fully saturated rings. The third-order valence-corrected chi connectivity index (χ3v) is 6.35. The summed E-state index contributed by atoms with van der Waals surface area (Å²) in [6.07, 6.45) is 2.28. The Bertz CT molecular complexity index is 1110. The molecular weight excluding hydrogens is 414 g/mol. The maximum atomic E-state index is 14.5. The van der Waals surface area contributed by atoms with Crippen LogP contribution < -0.4 is 0 Å². The Labute approximate surface area is 186 Å². The van der Waals surface area contributed by atoms with Crippen LogP contribution in [0.1, 0.15) is 69.4 Å². The van der Waals surface area contributed by atoms with Gasteiger partial charge in [-0.15, -0.1) is 0 Å². The summed E-state index contributed by atoms with van der Waals surface area (Å²) in [6, 6.07) is 5.62. The first-order valence-electron chi connectivity index (χ1n) is 10.8. The molecule has 8 heteroatoms. The molecule has 0 radical (unpaired) electrons. The summed E-state index contributed by atoms with van der Waals surface area (Å²) in [5, 5.41) is 12.9. The molecule has 6 nitrogen and oxygen atoms in total. The highest BCUT2D eigenvalue weighted by molar-refractivity contribution is 5.62. The van der Waals surface area contributed by atoms with E-state index in [9.17, 15) is 8.78 Å². The van der Waals surface area contributed by atoms with E-state index in [1.807, 2.05) is 6.07 Å².